The van der Waals surface area contributed by atoms with Crippen molar-refractivity contribution >= 4 is 44.2 Å². The van der Waals surface area contributed by atoms with Crippen LogP contribution >= 0.6 is 23.1 Å². The van der Waals surface area contributed by atoms with Crippen LogP contribution in [0.4, 0.5) is 5.13 Å². The summed E-state index contributed by atoms with van der Waals surface area (Å²) in [5.41, 5.74) is 0.916. The number of nitrogens with one attached hydrogen (secondary N) is 1. The Morgan fingerprint density at radius 3 is 2.62 bits per heavy atom. The van der Waals surface area contributed by atoms with E-state index in [1.54, 1.807) is 19.1 Å². The zero-order valence-electron chi connectivity index (χ0n) is 14.6. The van der Waals surface area contributed by atoms with E-state index in [-0.39, 0.29) is 10.5 Å². The van der Waals surface area contributed by atoms with E-state index in [2.05, 4.69) is 15.5 Å². The molecule has 1 aliphatic heterocycles. The molecule has 1 aromatic carbocycles. The minimum absolute atomic E-state index is 0.189. The van der Waals surface area contributed by atoms with Gasteiger partial charge in [0, 0.05) is 18.7 Å². The monoisotopic (exact) mass is 412 g/mol. The summed E-state index contributed by atoms with van der Waals surface area (Å²) in [5.74, 6) is -0.399. The number of carbonyl (C=O) groups is 1. The predicted molar refractivity (Wildman–Crippen MR) is 103 cm³/mol. The third-order valence-electron chi connectivity index (χ3n) is 4.18. The molecule has 0 radical (unpaired) electrons. The van der Waals surface area contributed by atoms with Crippen molar-refractivity contribution < 1.29 is 13.2 Å². The molecule has 3 rings (SSSR count). The molecule has 1 saturated heterocycles. The number of aromatic nitrogens is 2. The fourth-order valence-electron chi connectivity index (χ4n) is 2.78. The molecule has 1 N–H and O–H groups in total. The maximum absolute atomic E-state index is 13.0. The lowest BCUT2D eigenvalue weighted by Crippen LogP contribution is -2.36. The first kappa shape index (κ1) is 19.3. The summed E-state index contributed by atoms with van der Waals surface area (Å²) in [7, 11) is -3.60. The SMILES string of the molecule is CSc1nnc(NC(=O)c2ccc(C)c(S(=O)(=O)N3CCCCC3)c2)s1. The fraction of sp³-hybridized carbons (Fsp3) is 0.438. The van der Waals surface area contributed by atoms with Gasteiger partial charge < -0.3 is 0 Å². The molecule has 1 amide bonds. The Hall–Kier alpha value is -1.49. The molecule has 1 aromatic heterocycles. The summed E-state index contributed by atoms with van der Waals surface area (Å²) < 4.78 is 28.2. The van der Waals surface area contributed by atoms with Crippen LogP contribution in [0.5, 0.6) is 0 Å². The maximum Gasteiger partial charge on any atom is 0.257 e. The van der Waals surface area contributed by atoms with Crippen LogP contribution in [0, 0.1) is 6.92 Å². The Bertz CT molecular complexity index is 905. The number of thioether (sulfide) groups is 1. The Labute approximate surface area is 161 Å². The highest BCUT2D eigenvalue weighted by atomic mass is 32.2. The van der Waals surface area contributed by atoms with Crippen molar-refractivity contribution in [1.29, 1.82) is 0 Å². The van der Waals surface area contributed by atoms with Crippen LogP contribution in [0.25, 0.3) is 0 Å². The van der Waals surface area contributed by atoms with Crippen molar-refractivity contribution in [3.8, 4) is 0 Å². The van der Waals surface area contributed by atoms with Gasteiger partial charge in [0.15, 0.2) is 4.34 Å². The highest BCUT2D eigenvalue weighted by molar-refractivity contribution is 8.00. The molecular weight excluding hydrogens is 392 g/mol. The predicted octanol–water partition coefficient (Wildman–Crippen LogP) is 3.00. The Balaban J connectivity index is 1.85. The third-order valence-corrected chi connectivity index (χ3v) is 8.04. The molecule has 0 atom stereocenters. The molecule has 0 saturated carbocycles. The molecule has 7 nitrogen and oxygen atoms in total. The lowest BCUT2D eigenvalue weighted by Gasteiger charge is -2.26. The van der Waals surface area contributed by atoms with Gasteiger partial charge in [0.1, 0.15) is 0 Å². The molecule has 140 valence electrons. The summed E-state index contributed by atoms with van der Waals surface area (Å²) in [5, 5.41) is 10.9. The summed E-state index contributed by atoms with van der Waals surface area (Å²) in [6.07, 6.45) is 4.66. The summed E-state index contributed by atoms with van der Waals surface area (Å²) in [6, 6.07) is 4.74. The number of piperidine rings is 1. The summed E-state index contributed by atoms with van der Waals surface area (Å²) in [6.45, 7) is 2.80. The number of rotatable bonds is 5. The van der Waals surface area contributed by atoms with Crippen LogP contribution in [0.3, 0.4) is 0 Å². The second-order valence-electron chi connectivity index (χ2n) is 5.98. The van der Waals surface area contributed by atoms with Crippen LogP contribution in [-0.4, -0.2) is 48.2 Å². The van der Waals surface area contributed by atoms with E-state index in [4.69, 9.17) is 0 Å². The van der Waals surface area contributed by atoms with E-state index >= 15 is 0 Å². The molecule has 0 bridgehead atoms. The Morgan fingerprint density at radius 2 is 1.96 bits per heavy atom. The van der Waals surface area contributed by atoms with Crippen LogP contribution in [0.2, 0.25) is 0 Å². The van der Waals surface area contributed by atoms with Crippen molar-refractivity contribution in [2.45, 2.75) is 35.4 Å². The number of anilines is 1. The van der Waals surface area contributed by atoms with Crippen molar-refractivity contribution in [2.24, 2.45) is 0 Å². The number of hydrogen-bond donors (Lipinski definition) is 1. The van der Waals surface area contributed by atoms with Gasteiger partial charge in [0.05, 0.1) is 4.90 Å². The van der Waals surface area contributed by atoms with Crippen LogP contribution in [-0.2, 0) is 10.0 Å². The van der Waals surface area contributed by atoms with Crippen molar-refractivity contribution in [3.63, 3.8) is 0 Å². The largest absolute Gasteiger partial charge is 0.296 e. The van der Waals surface area contributed by atoms with Crippen LogP contribution < -0.4 is 5.32 Å². The highest BCUT2D eigenvalue weighted by Crippen LogP contribution is 2.26. The molecule has 10 heteroatoms. The minimum Gasteiger partial charge on any atom is -0.296 e. The molecule has 2 heterocycles. The standard InChI is InChI=1S/C16H20N4O3S3/c1-11-6-7-12(14(21)17-15-18-19-16(24-2)25-15)10-13(11)26(22,23)20-8-4-3-5-9-20/h6-7,10H,3-5,8-9H2,1-2H3,(H,17,18,21). The number of benzene rings is 1. The van der Waals surface area contributed by atoms with E-state index < -0.39 is 15.9 Å². The number of hydrogen-bond acceptors (Lipinski definition) is 7. The number of nitrogens with zero attached hydrogens (tertiary/aromatic N) is 3. The summed E-state index contributed by atoms with van der Waals surface area (Å²) >= 11 is 2.72. The van der Waals surface area contributed by atoms with Crippen molar-refractivity contribution in [3.05, 3.63) is 29.3 Å². The molecular formula is C16H20N4O3S3. The maximum atomic E-state index is 13.0. The zero-order valence-corrected chi connectivity index (χ0v) is 17.0. The van der Waals surface area contributed by atoms with E-state index in [0.717, 1.165) is 23.6 Å². The quantitative estimate of drug-likeness (QED) is 0.599. The average molecular weight is 413 g/mol. The van der Waals surface area contributed by atoms with Crippen molar-refractivity contribution in [1.82, 2.24) is 14.5 Å². The molecule has 1 aliphatic rings. The Morgan fingerprint density at radius 1 is 1.23 bits per heavy atom. The number of amides is 1. The highest BCUT2D eigenvalue weighted by Gasteiger charge is 2.28. The number of aryl methyl sites for hydroxylation is 1. The van der Waals surface area contributed by atoms with E-state index in [1.807, 2.05) is 6.26 Å². The zero-order chi connectivity index (χ0) is 18.7. The lowest BCUT2D eigenvalue weighted by atomic mass is 10.1. The lowest BCUT2D eigenvalue weighted by molar-refractivity contribution is 0.102. The first-order chi connectivity index (χ1) is 12.4. The molecule has 0 unspecified atom stereocenters. The second kappa shape index (κ2) is 8.03. The summed E-state index contributed by atoms with van der Waals surface area (Å²) in [4.78, 5) is 12.7. The Kier molecular flexibility index (Phi) is 5.96. The first-order valence-electron chi connectivity index (χ1n) is 8.21. The van der Waals surface area contributed by atoms with Crippen LogP contribution in [0.15, 0.2) is 27.4 Å². The van der Waals surface area contributed by atoms with Gasteiger partial charge in [0.2, 0.25) is 15.2 Å². The molecule has 26 heavy (non-hydrogen) atoms. The van der Waals surface area contributed by atoms with Gasteiger partial charge in [-0.3, -0.25) is 10.1 Å². The van der Waals surface area contributed by atoms with Gasteiger partial charge in [-0.15, -0.1) is 10.2 Å². The topological polar surface area (TPSA) is 92.3 Å². The molecule has 0 spiro atoms. The second-order valence-corrected chi connectivity index (χ2v) is 9.91. The average Bonchev–Trinajstić information content (AvgIpc) is 3.10. The fourth-order valence-corrected chi connectivity index (χ4v) is 5.71. The van der Waals surface area contributed by atoms with E-state index in [9.17, 15) is 13.2 Å². The van der Waals surface area contributed by atoms with Gasteiger partial charge in [-0.05, 0) is 43.7 Å². The van der Waals surface area contributed by atoms with Gasteiger partial charge in [-0.1, -0.05) is 35.6 Å². The van der Waals surface area contributed by atoms with Gasteiger partial charge in [-0.25, -0.2) is 8.42 Å². The first-order valence-corrected chi connectivity index (χ1v) is 11.7. The molecule has 0 aliphatic carbocycles. The van der Waals surface area contributed by atoms with Gasteiger partial charge in [0.25, 0.3) is 5.91 Å². The molecule has 2 aromatic rings. The number of sulfonamides is 1. The van der Waals surface area contributed by atoms with E-state index in [1.165, 1.54) is 33.5 Å². The third kappa shape index (κ3) is 4.08. The minimum atomic E-state index is -3.60. The number of carbonyl (C=O) groups excluding carboxylic acids is 1. The normalized spacial score (nSPS) is 15.8. The molecule has 1 fully saturated rings. The van der Waals surface area contributed by atoms with E-state index in [0.29, 0.717) is 23.8 Å². The smallest absolute Gasteiger partial charge is 0.257 e. The van der Waals surface area contributed by atoms with Crippen molar-refractivity contribution in [2.75, 3.05) is 24.7 Å². The van der Waals surface area contributed by atoms with Gasteiger partial charge in [-0.2, -0.15) is 4.31 Å². The van der Waals surface area contributed by atoms with Crippen LogP contribution in [0.1, 0.15) is 35.2 Å². The van der Waals surface area contributed by atoms with Gasteiger partial charge >= 0.3 is 0 Å².